The van der Waals surface area contributed by atoms with Crippen molar-refractivity contribution in [2.45, 2.75) is 6.04 Å². The Labute approximate surface area is 97.0 Å². The van der Waals surface area contributed by atoms with Gasteiger partial charge in [0.1, 0.15) is 6.04 Å². The van der Waals surface area contributed by atoms with Crippen LogP contribution >= 0.6 is 7.82 Å². The molecule has 2 unspecified atom stereocenters. The third-order valence-corrected chi connectivity index (χ3v) is 2.36. The quantitative estimate of drug-likeness (QED) is 0.141. The van der Waals surface area contributed by atoms with Crippen LogP contribution < -0.4 is 17.2 Å². The number of carbonyl (C=O) groups is 1. The number of carboxylic acids is 1. The van der Waals surface area contributed by atoms with Gasteiger partial charge in [0.15, 0.2) is 5.96 Å². The molecule has 0 aliphatic heterocycles. The molecule has 0 aromatic heterocycles. The summed E-state index contributed by atoms with van der Waals surface area (Å²) in [4.78, 5) is 22.8. The van der Waals surface area contributed by atoms with Gasteiger partial charge in [-0.05, 0) is 0 Å². The summed E-state index contributed by atoms with van der Waals surface area (Å²) in [6, 6.07) is -1.41. The van der Waals surface area contributed by atoms with Crippen LogP contribution in [0.3, 0.4) is 0 Å². The monoisotopic (exact) mass is 270 g/mol. The lowest BCUT2D eigenvalue weighted by Gasteiger charge is -2.12. The Morgan fingerprint density at radius 1 is 1.41 bits per heavy atom. The van der Waals surface area contributed by atoms with E-state index in [-0.39, 0.29) is 19.1 Å². The van der Waals surface area contributed by atoms with Gasteiger partial charge in [-0.2, -0.15) is 0 Å². The van der Waals surface area contributed by atoms with Crippen molar-refractivity contribution in [3.05, 3.63) is 0 Å². The summed E-state index contributed by atoms with van der Waals surface area (Å²) in [6.45, 7) is -0.930. The van der Waals surface area contributed by atoms with Crippen LogP contribution in [0.15, 0.2) is 4.99 Å². The third-order valence-electron chi connectivity index (χ3n) is 1.37. The van der Waals surface area contributed by atoms with Crippen molar-refractivity contribution >= 4 is 19.8 Å². The summed E-state index contributed by atoms with van der Waals surface area (Å²) in [5.74, 6) is -1.54. The number of hydrogen-bond donors (Lipinski definition) is 5. The highest BCUT2D eigenvalue weighted by Gasteiger charge is 2.24. The molecule has 17 heavy (non-hydrogen) atoms. The molecule has 0 amide bonds. The maximum atomic E-state index is 11.1. The lowest BCUT2D eigenvalue weighted by Crippen LogP contribution is -2.34. The summed E-state index contributed by atoms with van der Waals surface area (Å²) in [5.41, 5.74) is 15.1. The maximum Gasteiger partial charge on any atom is 0.472 e. The molecule has 0 fully saturated rings. The van der Waals surface area contributed by atoms with Gasteiger partial charge >= 0.3 is 13.8 Å². The van der Waals surface area contributed by atoms with Crippen molar-refractivity contribution in [2.75, 3.05) is 19.8 Å². The van der Waals surface area contributed by atoms with Gasteiger partial charge in [-0.15, -0.1) is 0 Å². The standard InChI is InChI=1S/C6H15N4O6P/c7-4(5(11)12)3-16-17(13,14)15-2-1-10-6(8)9/h4H,1-3,7H2,(H,11,12)(H,13,14)(H4,8,9,10). The molecule has 2 atom stereocenters. The van der Waals surface area contributed by atoms with Gasteiger partial charge in [0, 0.05) is 0 Å². The number of nitrogens with two attached hydrogens (primary N) is 3. The highest BCUT2D eigenvalue weighted by Crippen LogP contribution is 2.42. The Kier molecular flexibility index (Phi) is 6.69. The molecule has 0 heterocycles. The van der Waals surface area contributed by atoms with Crippen molar-refractivity contribution < 1.29 is 28.4 Å². The van der Waals surface area contributed by atoms with Crippen molar-refractivity contribution in [2.24, 2.45) is 22.2 Å². The topological polar surface area (TPSA) is 183 Å². The van der Waals surface area contributed by atoms with E-state index in [9.17, 15) is 9.36 Å². The van der Waals surface area contributed by atoms with Crippen LogP contribution in [0.25, 0.3) is 0 Å². The summed E-state index contributed by atoms with van der Waals surface area (Å²) in [5, 5.41) is 8.39. The van der Waals surface area contributed by atoms with E-state index in [4.69, 9.17) is 27.2 Å². The van der Waals surface area contributed by atoms with Gasteiger partial charge in [-0.1, -0.05) is 0 Å². The number of hydrogen-bond acceptors (Lipinski definition) is 6. The predicted molar refractivity (Wildman–Crippen MR) is 58.0 cm³/mol. The average Bonchev–Trinajstić information content (AvgIpc) is 2.21. The lowest BCUT2D eigenvalue weighted by molar-refractivity contribution is -0.139. The molecule has 100 valence electrons. The van der Waals surface area contributed by atoms with Gasteiger partial charge in [-0.25, -0.2) is 4.57 Å². The SMILES string of the molecule is NC(N)=NCCOP(=O)(O)OCC(N)C(=O)O. The Hall–Kier alpha value is -1.19. The Bertz CT molecular complexity index is 330. The van der Waals surface area contributed by atoms with Gasteiger partial charge in [0.05, 0.1) is 19.8 Å². The minimum absolute atomic E-state index is 0.0266. The van der Waals surface area contributed by atoms with Gasteiger partial charge in [0.2, 0.25) is 0 Å². The van der Waals surface area contributed by atoms with Crippen molar-refractivity contribution in [1.29, 1.82) is 0 Å². The molecule has 0 aliphatic carbocycles. The number of aliphatic imine (C=N–C) groups is 1. The van der Waals surface area contributed by atoms with Crippen molar-refractivity contribution in [3.63, 3.8) is 0 Å². The average molecular weight is 270 g/mol. The van der Waals surface area contributed by atoms with Crippen LogP contribution in [0.1, 0.15) is 0 Å². The molecule has 0 bridgehead atoms. The van der Waals surface area contributed by atoms with E-state index in [1.54, 1.807) is 0 Å². The zero-order chi connectivity index (χ0) is 13.5. The molecule has 11 heteroatoms. The molecular weight excluding hydrogens is 255 g/mol. The Balaban J connectivity index is 3.92. The second-order valence-electron chi connectivity index (χ2n) is 2.85. The first-order chi connectivity index (χ1) is 7.74. The van der Waals surface area contributed by atoms with Crippen LogP contribution in [0.5, 0.6) is 0 Å². The lowest BCUT2D eigenvalue weighted by atomic mass is 10.3. The number of phosphoric ester groups is 1. The fourth-order valence-corrected chi connectivity index (χ4v) is 1.35. The number of rotatable bonds is 8. The number of nitrogens with zero attached hydrogens (tertiary/aromatic N) is 1. The normalized spacial score (nSPS) is 15.9. The number of phosphoric acid groups is 1. The second kappa shape index (κ2) is 7.20. The van der Waals surface area contributed by atoms with E-state index in [0.717, 1.165) is 0 Å². The van der Waals surface area contributed by atoms with Crippen LogP contribution in [-0.4, -0.2) is 47.7 Å². The van der Waals surface area contributed by atoms with Gasteiger partial charge in [-0.3, -0.25) is 18.8 Å². The minimum Gasteiger partial charge on any atom is -0.480 e. The van der Waals surface area contributed by atoms with Gasteiger partial charge < -0.3 is 27.2 Å². The van der Waals surface area contributed by atoms with E-state index in [2.05, 4.69) is 14.0 Å². The molecule has 10 nitrogen and oxygen atoms in total. The van der Waals surface area contributed by atoms with E-state index < -0.39 is 26.4 Å². The van der Waals surface area contributed by atoms with E-state index >= 15 is 0 Å². The van der Waals surface area contributed by atoms with Crippen molar-refractivity contribution in [1.82, 2.24) is 0 Å². The first kappa shape index (κ1) is 15.8. The van der Waals surface area contributed by atoms with Gasteiger partial charge in [0.25, 0.3) is 0 Å². The van der Waals surface area contributed by atoms with E-state index in [1.165, 1.54) is 0 Å². The van der Waals surface area contributed by atoms with Crippen LogP contribution in [-0.2, 0) is 18.4 Å². The van der Waals surface area contributed by atoms with Crippen LogP contribution in [0.4, 0.5) is 0 Å². The van der Waals surface area contributed by atoms with Crippen LogP contribution in [0, 0.1) is 0 Å². The number of carboxylic acid groups (broad SMARTS) is 1. The highest BCUT2D eigenvalue weighted by atomic mass is 31.2. The van der Waals surface area contributed by atoms with Crippen LogP contribution in [0.2, 0.25) is 0 Å². The van der Waals surface area contributed by atoms with Crippen molar-refractivity contribution in [3.8, 4) is 0 Å². The zero-order valence-electron chi connectivity index (χ0n) is 8.85. The summed E-state index contributed by atoms with van der Waals surface area (Å²) >= 11 is 0. The number of guanidine groups is 1. The molecule has 0 spiro atoms. The van der Waals surface area contributed by atoms with E-state index in [0.29, 0.717) is 0 Å². The second-order valence-corrected chi connectivity index (χ2v) is 4.30. The third kappa shape index (κ3) is 8.60. The molecule has 0 aliphatic rings. The first-order valence-electron chi connectivity index (χ1n) is 4.40. The minimum atomic E-state index is -4.34. The number of aliphatic carboxylic acids is 1. The van der Waals surface area contributed by atoms with E-state index in [1.807, 2.05) is 0 Å². The Morgan fingerprint density at radius 2 is 2.00 bits per heavy atom. The fraction of sp³-hybridized carbons (Fsp3) is 0.667. The molecule has 0 aromatic rings. The summed E-state index contributed by atoms with van der Waals surface area (Å²) < 4.78 is 19.9. The fourth-order valence-electron chi connectivity index (χ4n) is 0.614. The smallest absolute Gasteiger partial charge is 0.472 e. The summed E-state index contributed by atoms with van der Waals surface area (Å²) in [7, 11) is -4.34. The maximum absolute atomic E-state index is 11.1. The summed E-state index contributed by atoms with van der Waals surface area (Å²) in [6.07, 6.45) is 0. The predicted octanol–water partition coefficient (Wildman–Crippen LogP) is -2.19. The largest absolute Gasteiger partial charge is 0.480 e. The molecule has 0 radical (unpaired) electrons. The first-order valence-corrected chi connectivity index (χ1v) is 5.90. The Morgan fingerprint density at radius 3 is 2.47 bits per heavy atom. The molecule has 0 saturated heterocycles. The zero-order valence-corrected chi connectivity index (χ0v) is 9.75. The molecular formula is C6H15N4O6P. The highest BCUT2D eigenvalue weighted by molar-refractivity contribution is 7.47. The molecule has 0 saturated carbocycles. The molecule has 8 N–H and O–H groups in total. The molecule has 0 rings (SSSR count). The molecule has 0 aromatic carbocycles.